The van der Waals surface area contributed by atoms with Crippen LogP contribution in [0.1, 0.15) is 25.8 Å². The molecule has 0 saturated carbocycles. The molecule has 1 aromatic heterocycles. The second-order valence-electron chi connectivity index (χ2n) is 4.47. The molecule has 1 heterocycles. The molecule has 1 N–H and O–H groups in total. The van der Waals surface area contributed by atoms with Crippen molar-refractivity contribution >= 4 is 0 Å². The van der Waals surface area contributed by atoms with Crippen molar-refractivity contribution in [3.8, 4) is 11.3 Å². The maximum absolute atomic E-state index is 4.44. The van der Waals surface area contributed by atoms with Crippen LogP contribution in [0.3, 0.4) is 0 Å². The molecule has 0 aliphatic rings. The molecule has 0 bridgehead atoms. The molecule has 0 aliphatic heterocycles. The smallest absolute Gasteiger partial charge is 0.0953 e. The largest absolute Gasteiger partial charge is 0.337 e. The van der Waals surface area contributed by atoms with Crippen LogP contribution >= 0.6 is 0 Å². The number of aryl methyl sites for hydroxylation is 1. The third-order valence-electron chi connectivity index (χ3n) is 2.98. The number of hydrogen-bond donors (Lipinski definition) is 1. The van der Waals surface area contributed by atoms with Crippen molar-refractivity contribution in [1.82, 2.24) is 14.9 Å². The Kier molecular flexibility index (Phi) is 4.53. The summed E-state index contributed by atoms with van der Waals surface area (Å²) in [6.45, 7) is 7.26. The number of imidazole rings is 1. The molecule has 1 aromatic carbocycles. The zero-order valence-corrected chi connectivity index (χ0v) is 11.2. The number of aromatic nitrogens is 2. The highest BCUT2D eigenvalue weighted by molar-refractivity contribution is 5.59. The minimum Gasteiger partial charge on any atom is -0.337 e. The standard InChI is InChI=1S/C15H21N3/c1-3-8-16-10-13-6-5-7-14(9-13)15-11-18(4-2)12-17-15/h5-7,9,11-12,16H,3-4,8,10H2,1-2H3. The molecule has 18 heavy (non-hydrogen) atoms. The lowest BCUT2D eigenvalue weighted by molar-refractivity contribution is 0.675. The van der Waals surface area contributed by atoms with Crippen LogP contribution < -0.4 is 5.32 Å². The van der Waals surface area contributed by atoms with Crippen LogP contribution in [-0.2, 0) is 13.1 Å². The number of benzene rings is 1. The van der Waals surface area contributed by atoms with Gasteiger partial charge in [0.1, 0.15) is 0 Å². The van der Waals surface area contributed by atoms with Gasteiger partial charge in [-0.05, 0) is 31.5 Å². The fraction of sp³-hybridized carbons (Fsp3) is 0.400. The molecule has 0 aliphatic carbocycles. The van der Waals surface area contributed by atoms with Crippen molar-refractivity contribution in [1.29, 1.82) is 0 Å². The van der Waals surface area contributed by atoms with Crippen molar-refractivity contribution in [2.45, 2.75) is 33.4 Å². The monoisotopic (exact) mass is 243 g/mol. The molecule has 0 radical (unpaired) electrons. The molecule has 0 amide bonds. The summed E-state index contributed by atoms with van der Waals surface area (Å²) in [5.41, 5.74) is 3.55. The van der Waals surface area contributed by atoms with Crippen molar-refractivity contribution in [2.75, 3.05) is 6.54 Å². The lowest BCUT2D eigenvalue weighted by atomic mass is 10.1. The van der Waals surface area contributed by atoms with E-state index in [1.165, 1.54) is 17.5 Å². The second-order valence-corrected chi connectivity index (χ2v) is 4.47. The predicted octanol–water partition coefficient (Wildman–Crippen LogP) is 3.07. The Morgan fingerprint density at radius 1 is 1.28 bits per heavy atom. The van der Waals surface area contributed by atoms with Crippen LogP contribution in [0.25, 0.3) is 11.3 Å². The summed E-state index contributed by atoms with van der Waals surface area (Å²) < 4.78 is 2.09. The van der Waals surface area contributed by atoms with Gasteiger partial charge in [0.2, 0.25) is 0 Å². The fourth-order valence-electron chi connectivity index (χ4n) is 1.93. The molecule has 2 aromatic rings. The van der Waals surface area contributed by atoms with Crippen LogP contribution in [0.5, 0.6) is 0 Å². The molecule has 0 saturated heterocycles. The van der Waals surface area contributed by atoms with Gasteiger partial charge in [-0.25, -0.2) is 4.98 Å². The van der Waals surface area contributed by atoms with Crippen LogP contribution in [0, 0.1) is 0 Å². The van der Waals surface area contributed by atoms with Gasteiger partial charge in [0.15, 0.2) is 0 Å². The third-order valence-corrected chi connectivity index (χ3v) is 2.98. The summed E-state index contributed by atoms with van der Waals surface area (Å²) >= 11 is 0. The van der Waals surface area contributed by atoms with Gasteiger partial charge in [-0.1, -0.05) is 25.1 Å². The van der Waals surface area contributed by atoms with Gasteiger partial charge in [-0.2, -0.15) is 0 Å². The van der Waals surface area contributed by atoms with E-state index in [0.717, 1.165) is 25.3 Å². The van der Waals surface area contributed by atoms with E-state index < -0.39 is 0 Å². The highest BCUT2D eigenvalue weighted by atomic mass is 15.0. The number of nitrogens with zero attached hydrogens (tertiary/aromatic N) is 2. The molecular weight excluding hydrogens is 222 g/mol. The van der Waals surface area contributed by atoms with Crippen molar-refractivity contribution in [2.24, 2.45) is 0 Å². The topological polar surface area (TPSA) is 29.9 Å². The SMILES string of the molecule is CCCNCc1cccc(-c2cn(CC)cn2)c1. The van der Waals surface area contributed by atoms with Gasteiger partial charge >= 0.3 is 0 Å². The summed E-state index contributed by atoms with van der Waals surface area (Å²) in [5, 5.41) is 3.42. The van der Waals surface area contributed by atoms with E-state index in [-0.39, 0.29) is 0 Å². The lowest BCUT2D eigenvalue weighted by Gasteiger charge is -2.05. The van der Waals surface area contributed by atoms with E-state index >= 15 is 0 Å². The van der Waals surface area contributed by atoms with Gasteiger partial charge < -0.3 is 9.88 Å². The highest BCUT2D eigenvalue weighted by Gasteiger charge is 2.02. The van der Waals surface area contributed by atoms with Crippen LogP contribution in [0.2, 0.25) is 0 Å². The van der Waals surface area contributed by atoms with E-state index in [1.54, 1.807) is 0 Å². The fourth-order valence-corrected chi connectivity index (χ4v) is 1.93. The maximum atomic E-state index is 4.44. The minimum absolute atomic E-state index is 0.927. The molecule has 0 unspecified atom stereocenters. The molecule has 0 spiro atoms. The van der Waals surface area contributed by atoms with Crippen LogP contribution in [-0.4, -0.2) is 16.1 Å². The third kappa shape index (κ3) is 3.20. The average molecular weight is 243 g/mol. The second kappa shape index (κ2) is 6.36. The Labute approximate surface area is 109 Å². The lowest BCUT2D eigenvalue weighted by Crippen LogP contribution is -2.13. The Balaban J connectivity index is 2.11. The zero-order valence-electron chi connectivity index (χ0n) is 11.2. The molecular formula is C15H21N3. The molecule has 0 atom stereocenters. The Morgan fingerprint density at radius 3 is 2.89 bits per heavy atom. The first-order valence-corrected chi connectivity index (χ1v) is 6.65. The molecule has 96 valence electrons. The van der Waals surface area contributed by atoms with Crippen molar-refractivity contribution in [3.05, 3.63) is 42.4 Å². The quantitative estimate of drug-likeness (QED) is 0.790. The first kappa shape index (κ1) is 12.8. The Morgan fingerprint density at radius 2 is 2.17 bits per heavy atom. The number of nitrogens with one attached hydrogen (secondary N) is 1. The van der Waals surface area contributed by atoms with E-state index in [0.29, 0.717) is 0 Å². The predicted molar refractivity (Wildman–Crippen MR) is 75.3 cm³/mol. The van der Waals surface area contributed by atoms with E-state index in [4.69, 9.17) is 0 Å². The first-order valence-electron chi connectivity index (χ1n) is 6.65. The Bertz CT molecular complexity index is 488. The van der Waals surface area contributed by atoms with Gasteiger partial charge in [0.05, 0.1) is 12.0 Å². The van der Waals surface area contributed by atoms with E-state index in [1.807, 2.05) is 6.33 Å². The summed E-state index contributed by atoms with van der Waals surface area (Å²) in [6, 6.07) is 8.59. The molecule has 0 fully saturated rings. The average Bonchev–Trinajstić information content (AvgIpc) is 2.88. The molecule has 3 nitrogen and oxygen atoms in total. The molecule has 2 rings (SSSR count). The Hall–Kier alpha value is -1.61. The van der Waals surface area contributed by atoms with Gasteiger partial charge in [0.25, 0.3) is 0 Å². The first-order chi connectivity index (χ1) is 8.83. The van der Waals surface area contributed by atoms with Gasteiger partial charge in [0, 0.05) is 24.8 Å². The number of rotatable bonds is 6. The van der Waals surface area contributed by atoms with E-state index in [9.17, 15) is 0 Å². The van der Waals surface area contributed by atoms with Crippen LogP contribution in [0.15, 0.2) is 36.8 Å². The number of hydrogen-bond acceptors (Lipinski definition) is 2. The summed E-state index contributed by atoms with van der Waals surface area (Å²) in [7, 11) is 0. The summed E-state index contributed by atoms with van der Waals surface area (Å²) in [6.07, 6.45) is 5.15. The van der Waals surface area contributed by atoms with E-state index in [2.05, 4.69) is 59.2 Å². The van der Waals surface area contributed by atoms with Gasteiger partial charge in [-0.3, -0.25) is 0 Å². The minimum atomic E-state index is 0.927. The normalized spacial score (nSPS) is 10.8. The van der Waals surface area contributed by atoms with Crippen molar-refractivity contribution in [3.63, 3.8) is 0 Å². The maximum Gasteiger partial charge on any atom is 0.0953 e. The molecule has 3 heteroatoms. The van der Waals surface area contributed by atoms with Crippen LogP contribution in [0.4, 0.5) is 0 Å². The highest BCUT2D eigenvalue weighted by Crippen LogP contribution is 2.18. The summed E-state index contributed by atoms with van der Waals surface area (Å²) in [5.74, 6) is 0. The van der Waals surface area contributed by atoms with Gasteiger partial charge in [-0.15, -0.1) is 0 Å². The zero-order chi connectivity index (χ0) is 12.8. The van der Waals surface area contributed by atoms with Crippen molar-refractivity contribution < 1.29 is 0 Å². The summed E-state index contributed by atoms with van der Waals surface area (Å²) in [4.78, 5) is 4.44.